The summed E-state index contributed by atoms with van der Waals surface area (Å²) in [4.78, 5) is 16.5. The van der Waals surface area contributed by atoms with E-state index in [1.54, 1.807) is 23.5 Å². The summed E-state index contributed by atoms with van der Waals surface area (Å²) in [6.45, 7) is 1.91. The van der Waals surface area contributed by atoms with E-state index in [0.717, 1.165) is 15.2 Å². The van der Waals surface area contributed by atoms with Gasteiger partial charge in [0.15, 0.2) is 5.76 Å². The SMILES string of the molecule is CNS(=O)(=O)c1ccc(C(=O)Nc2ccc3sc(C)nc3c2)o1. The van der Waals surface area contributed by atoms with Crippen LogP contribution in [-0.2, 0) is 10.0 Å². The average molecular weight is 351 g/mol. The number of furan rings is 1. The number of amides is 1. The molecule has 23 heavy (non-hydrogen) atoms. The molecule has 0 unspecified atom stereocenters. The molecule has 9 heteroatoms. The molecule has 0 radical (unpaired) electrons. The average Bonchev–Trinajstić information content (AvgIpc) is 3.12. The summed E-state index contributed by atoms with van der Waals surface area (Å²) >= 11 is 1.57. The smallest absolute Gasteiger partial charge is 0.291 e. The number of aryl methyl sites for hydroxylation is 1. The molecule has 0 atom stereocenters. The number of carbonyl (C=O) groups is 1. The summed E-state index contributed by atoms with van der Waals surface area (Å²) in [6, 6.07) is 7.92. The van der Waals surface area contributed by atoms with Crippen molar-refractivity contribution in [3.05, 3.63) is 41.1 Å². The Labute approximate surface area is 136 Å². The Bertz CT molecular complexity index is 989. The van der Waals surface area contributed by atoms with Gasteiger partial charge in [-0.3, -0.25) is 4.79 Å². The van der Waals surface area contributed by atoms with Crippen LogP contribution in [0.25, 0.3) is 10.2 Å². The lowest BCUT2D eigenvalue weighted by Gasteiger charge is -2.03. The van der Waals surface area contributed by atoms with E-state index in [9.17, 15) is 13.2 Å². The highest BCUT2D eigenvalue weighted by molar-refractivity contribution is 7.89. The Kier molecular flexibility index (Phi) is 3.92. The number of aromatic nitrogens is 1. The van der Waals surface area contributed by atoms with Gasteiger partial charge < -0.3 is 9.73 Å². The lowest BCUT2D eigenvalue weighted by molar-refractivity contribution is 0.0991. The molecular formula is C14H13N3O4S2. The van der Waals surface area contributed by atoms with Crippen LogP contribution in [0.2, 0.25) is 0 Å². The molecule has 3 rings (SSSR count). The molecule has 120 valence electrons. The van der Waals surface area contributed by atoms with E-state index in [0.29, 0.717) is 5.69 Å². The van der Waals surface area contributed by atoms with Gasteiger partial charge in [-0.05, 0) is 44.3 Å². The summed E-state index contributed by atoms with van der Waals surface area (Å²) in [5.41, 5.74) is 1.35. The minimum absolute atomic E-state index is 0.0895. The zero-order valence-electron chi connectivity index (χ0n) is 12.3. The molecule has 0 spiro atoms. The van der Waals surface area contributed by atoms with Gasteiger partial charge >= 0.3 is 0 Å². The first-order chi connectivity index (χ1) is 10.9. The van der Waals surface area contributed by atoms with Crippen LogP contribution >= 0.6 is 11.3 Å². The lowest BCUT2D eigenvalue weighted by atomic mass is 10.3. The fourth-order valence-electron chi connectivity index (χ4n) is 2.00. The third kappa shape index (κ3) is 3.11. The minimum atomic E-state index is -3.72. The van der Waals surface area contributed by atoms with Crippen LogP contribution in [0.4, 0.5) is 5.69 Å². The molecule has 2 heterocycles. The molecule has 2 N–H and O–H groups in total. The zero-order chi connectivity index (χ0) is 16.6. The molecule has 0 bridgehead atoms. The Morgan fingerprint density at radius 2 is 2.04 bits per heavy atom. The van der Waals surface area contributed by atoms with Gasteiger partial charge in [0.05, 0.1) is 15.2 Å². The normalized spacial score (nSPS) is 11.7. The number of nitrogens with zero attached hydrogens (tertiary/aromatic N) is 1. The number of nitrogens with one attached hydrogen (secondary N) is 2. The predicted octanol–water partition coefficient (Wildman–Crippen LogP) is 2.36. The van der Waals surface area contributed by atoms with Crippen molar-refractivity contribution < 1.29 is 17.6 Å². The van der Waals surface area contributed by atoms with Crippen molar-refractivity contribution in [2.75, 3.05) is 12.4 Å². The zero-order valence-corrected chi connectivity index (χ0v) is 13.9. The van der Waals surface area contributed by atoms with Gasteiger partial charge in [0.25, 0.3) is 15.9 Å². The Balaban J connectivity index is 1.83. The fourth-order valence-corrected chi connectivity index (χ4v) is 3.46. The topological polar surface area (TPSA) is 101 Å². The van der Waals surface area contributed by atoms with Gasteiger partial charge in [0.2, 0.25) is 5.09 Å². The fraction of sp³-hybridized carbons (Fsp3) is 0.143. The van der Waals surface area contributed by atoms with E-state index in [-0.39, 0.29) is 10.9 Å². The van der Waals surface area contributed by atoms with Crippen molar-refractivity contribution in [3.8, 4) is 0 Å². The van der Waals surface area contributed by atoms with Gasteiger partial charge in [-0.15, -0.1) is 11.3 Å². The number of anilines is 1. The summed E-state index contributed by atoms with van der Waals surface area (Å²) < 4.78 is 31.4. The van der Waals surface area contributed by atoms with Crippen molar-refractivity contribution in [1.82, 2.24) is 9.71 Å². The van der Waals surface area contributed by atoms with Gasteiger partial charge in [0.1, 0.15) is 0 Å². The van der Waals surface area contributed by atoms with Crippen LogP contribution in [0.1, 0.15) is 15.6 Å². The molecule has 0 saturated carbocycles. The van der Waals surface area contributed by atoms with Crippen molar-refractivity contribution in [2.45, 2.75) is 12.0 Å². The van der Waals surface area contributed by atoms with Crippen molar-refractivity contribution in [1.29, 1.82) is 0 Å². The Hall–Kier alpha value is -2.23. The number of hydrogen-bond donors (Lipinski definition) is 2. The number of thiazole rings is 1. The van der Waals surface area contributed by atoms with Crippen LogP contribution < -0.4 is 10.0 Å². The maximum absolute atomic E-state index is 12.1. The van der Waals surface area contributed by atoms with Crippen LogP contribution in [0, 0.1) is 6.92 Å². The first-order valence-electron chi connectivity index (χ1n) is 6.61. The van der Waals surface area contributed by atoms with Gasteiger partial charge in [-0.1, -0.05) is 0 Å². The quantitative estimate of drug-likeness (QED) is 0.751. The van der Waals surface area contributed by atoms with Gasteiger partial charge in [-0.2, -0.15) is 0 Å². The van der Waals surface area contributed by atoms with E-state index >= 15 is 0 Å². The first-order valence-corrected chi connectivity index (χ1v) is 8.91. The monoisotopic (exact) mass is 351 g/mol. The van der Waals surface area contributed by atoms with Crippen LogP contribution in [0.5, 0.6) is 0 Å². The molecule has 3 aromatic rings. The standard InChI is InChI=1S/C14H13N3O4S2/c1-8-16-10-7-9(3-5-12(10)22-8)17-14(18)11-4-6-13(21-11)23(19,20)15-2/h3-7,15H,1-2H3,(H,17,18). The van der Waals surface area contributed by atoms with Crippen molar-refractivity contribution >= 4 is 43.2 Å². The summed E-state index contributed by atoms with van der Waals surface area (Å²) in [5, 5.41) is 3.29. The molecule has 0 aliphatic carbocycles. The molecule has 7 nitrogen and oxygen atoms in total. The molecule has 1 aromatic carbocycles. The highest BCUT2D eigenvalue weighted by atomic mass is 32.2. The van der Waals surface area contributed by atoms with E-state index in [2.05, 4.69) is 15.0 Å². The van der Waals surface area contributed by atoms with E-state index < -0.39 is 15.9 Å². The molecule has 0 aliphatic rings. The van der Waals surface area contributed by atoms with Crippen LogP contribution in [0.3, 0.4) is 0 Å². The summed E-state index contributed by atoms with van der Waals surface area (Å²) in [6.07, 6.45) is 0. The number of sulfonamides is 1. The molecule has 0 aliphatic heterocycles. The molecule has 0 saturated heterocycles. The highest BCUT2D eigenvalue weighted by Gasteiger charge is 2.19. The highest BCUT2D eigenvalue weighted by Crippen LogP contribution is 2.25. The Morgan fingerprint density at radius 1 is 1.26 bits per heavy atom. The van der Waals surface area contributed by atoms with Crippen LogP contribution in [0.15, 0.2) is 39.8 Å². The maximum Gasteiger partial charge on any atom is 0.291 e. The second-order valence-electron chi connectivity index (χ2n) is 4.70. The lowest BCUT2D eigenvalue weighted by Crippen LogP contribution is -2.18. The second-order valence-corrected chi connectivity index (χ2v) is 7.75. The molecule has 2 aromatic heterocycles. The number of carbonyl (C=O) groups excluding carboxylic acids is 1. The molecule has 1 amide bonds. The number of fused-ring (bicyclic) bond motifs is 1. The van der Waals surface area contributed by atoms with E-state index in [4.69, 9.17) is 4.42 Å². The third-order valence-corrected chi connectivity index (χ3v) is 5.33. The first kappa shape index (κ1) is 15.7. The summed E-state index contributed by atoms with van der Waals surface area (Å²) in [5.74, 6) is -0.623. The number of rotatable bonds is 4. The van der Waals surface area contributed by atoms with Gasteiger partial charge in [0, 0.05) is 5.69 Å². The van der Waals surface area contributed by atoms with E-state index in [1.165, 1.54) is 19.2 Å². The second kappa shape index (κ2) is 5.76. The van der Waals surface area contributed by atoms with Crippen molar-refractivity contribution in [2.24, 2.45) is 0 Å². The Morgan fingerprint density at radius 3 is 2.78 bits per heavy atom. The third-order valence-electron chi connectivity index (χ3n) is 3.09. The van der Waals surface area contributed by atoms with Crippen LogP contribution in [-0.4, -0.2) is 26.4 Å². The maximum atomic E-state index is 12.1. The molecular weight excluding hydrogens is 338 g/mol. The largest absolute Gasteiger partial charge is 0.438 e. The summed E-state index contributed by atoms with van der Waals surface area (Å²) in [7, 11) is -2.45. The number of benzene rings is 1. The van der Waals surface area contributed by atoms with Gasteiger partial charge in [-0.25, -0.2) is 18.1 Å². The number of hydrogen-bond acceptors (Lipinski definition) is 6. The molecule has 0 fully saturated rings. The minimum Gasteiger partial charge on any atom is -0.438 e. The van der Waals surface area contributed by atoms with E-state index in [1.807, 2.05) is 13.0 Å². The van der Waals surface area contributed by atoms with Crippen molar-refractivity contribution in [3.63, 3.8) is 0 Å². The predicted molar refractivity (Wildman–Crippen MR) is 87.3 cm³/mol.